The van der Waals surface area contributed by atoms with Crippen LogP contribution in [0.1, 0.15) is 58.9 Å². The minimum atomic E-state index is -0.885. The minimum absolute atomic E-state index is 0.326. The number of thioether (sulfide) groups is 1. The van der Waals surface area contributed by atoms with Gasteiger partial charge in [0.2, 0.25) is 0 Å². The van der Waals surface area contributed by atoms with Crippen LogP contribution in [0.4, 0.5) is 5.82 Å². The standard InChI is InChI=1S/C20H28N6O4S/c1-4-8-31-19-22-16(21-10-6-5-7-10)13-17(23-19)26(25-24-13)12-9-11(18(27)28)14-15(12)30-20(2,3)29-14/h10-12,14-15H,4-9H2,1-3H3,(H,27,28)(H,21,22,23)/t11-,12+,14+,15-/m0/s1. The normalized spacial score (nSPS) is 29.8. The Bertz CT molecular complexity index is 993. The molecule has 10 nitrogen and oxygen atoms in total. The van der Waals surface area contributed by atoms with Crippen molar-refractivity contribution >= 4 is 34.7 Å². The third-order valence-electron chi connectivity index (χ3n) is 6.25. The molecule has 3 fully saturated rings. The van der Waals surface area contributed by atoms with Crippen molar-refractivity contribution in [3.05, 3.63) is 0 Å². The molecule has 3 heterocycles. The molecular formula is C20H28N6O4S. The van der Waals surface area contributed by atoms with Crippen LogP contribution in [0.25, 0.3) is 11.2 Å². The molecule has 2 aromatic rings. The summed E-state index contributed by atoms with van der Waals surface area (Å²) in [7, 11) is 0. The number of hydrogen-bond donors (Lipinski definition) is 2. The number of fused-ring (bicyclic) bond motifs is 2. The summed E-state index contributed by atoms with van der Waals surface area (Å²) in [5.74, 6) is -0.779. The van der Waals surface area contributed by atoms with Crippen LogP contribution in [0.5, 0.6) is 0 Å². The molecule has 0 radical (unpaired) electrons. The Labute approximate surface area is 184 Å². The van der Waals surface area contributed by atoms with Crippen molar-refractivity contribution in [1.82, 2.24) is 25.0 Å². The van der Waals surface area contributed by atoms with Crippen molar-refractivity contribution in [1.29, 1.82) is 0 Å². The predicted octanol–water partition coefficient (Wildman–Crippen LogP) is 2.85. The number of aromatic nitrogens is 5. The van der Waals surface area contributed by atoms with E-state index in [0.29, 0.717) is 34.6 Å². The topological polar surface area (TPSA) is 124 Å². The summed E-state index contributed by atoms with van der Waals surface area (Å²) in [4.78, 5) is 21.4. The lowest BCUT2D eigenvalue weighted by Crippen LogP contribution is -2.30. The lowest BCUT2D eigenvalue weighted by Gasteiger charge is -2.27. The number of carboxylic acids is 1. The summed E-state index contributed by atoms with van der Waals surface area (Å²) in [6.45, 7) is 5.74. The highest BCUT2D eigenvalue weighted by atomic mass is 32.2. The Morgan fingerprint density at radius 1 is 1.29 bits per heavy atom. The number of nitrogens with one attached hydrogen (secondary N) is 1. The molecule has 1 aliphatic heterocycles. The Hall–Kier alpha value is -1.98. The van der Waals surface area contributed by atoms with E-state index in [1.54, 1.807) is 16.4 Å². The number of aliphatic carboxylic acids is 1. The van der Waals surface area contributed by atoms with Gasteiger partial charge in [-0.3, -0.25) is 4.79 Å². The fourth-order valence-corrected chi connectivity index (χ4v) is 5.27. The largest absolute Gasteiger partial charge is 0.481 e. The van der Waals surface area contributed by atoms with Crippen LogP contribution < -0.4 is 5.32 Å². The third kappa shape index (κ3) is 3.76. The van der Waals surface area contributed by atoms with Crippen molar-refractivity contribution in [3.63, 3.8) is 0 Å². The molecule has 0 spiro atoms. The first-order chi connectivity index (χ1) is 14.9. The smallest absolute Gasteiger partial charge is 0.309 e. The van der Waals surface area contributed by atoms with Gasteiger partial charge in [-0.25, -0.2) is 14.6 Å². The van der Waals surface area contributed by atoms with Gasteiger partial charge in [0.15, 0.2) is 27.9 Å². The molecule has 4 atom stereocenters. The lowest BCUT2D eigenvalue weighted by atomic mass is 9.93. The van der Waals surface area contributed by atoms with E-state index in [4.69, 9.17) is 19.4 Å². The zero-order valence-electron chi connectivity index (χ0n) is 17.9. The van der Waals surface area contributed by atoms with Gasteiger partial charge in [0, 0.05) is 11.8 Å². The van der Waals surface area contributed by atoms with E-state index in [0.717, 1.165) is 25.0 Å². The minimum Gasteiger partial charge on any atom is -0.481 e. The van der Waals surface area contributed by atoms with E-state index in [1.165, 1.54) is 6.42 Å². The zero-order valence-corrected chi connectivity index (χ0v) is 18.8. The SMILES string of the molecule is CCCSc1nc(NC2CCC2)c2nnn([C@@H]3C[C@H](C(=O)O)[C@H]4OC(C)(C)O[C@H]43)c2n1. The average Bonchev–Trinajstić information content (AvgIpc) is 3.33. The van der Waals surface area contributed by atoms with Crippen LogP contribution in [0, 0.1) is 5.92 Å². The molecular weight excluding hydrogens is 420 g/mol. The summed E-state index contributed by atoms with van der Waals surface area (Å²) in [6.07, 6.45) is 3.86. The first-order valence-electron chi connectivity index (χ1n) is 11.0. The van der Waals surface area contributed by atoms with Gasteiger partial charge < -0.3 is 19.9 Å². The van der Waals surface area contributed by atoms with Crippen LogP contribution in [0.2, 0.25) is 0 Å². The first kappa shape index (κ1) is 20.9. The van der Waals surface area contributed by atoms with Gasteiger partial charge in [-0.15, -0.1) is 5.10 Å². The lowest BCUT2D eigenvalue weighted by molar-refractivity contribution is -0.168. The van der Waals surface area contributed by atoms with Crippen LogP contribution >= 0.6 is 11.8 Å². The number of rotatable bonds is 7. The average molecular weight is 449 g/mol. The Kier molecular flexibility index (Phi) is 5.30. The van der Waals surface area contributed by atoms with Crippen molar-refractivity contribution in [3.8, 4) is 0 Å². The second-order valence-electron chi connectivity index (χ2n) is 8.99. The highest BCUT2D eigenvalue weighted by molar-refractivity contribution is 7.99. The number of carboxylic acid groups (broad SMARTS) is 1. The molecule has 168 valence electrons. The van der Waals surface area contributed by atoms with Crippen LogP contribution in [-0.4, -0.2) is 65.8 Å². The number of hydrogen-bond acceptors (Lipinski definition) is 9. The maximum absolute atomic E-state index is 11.9. The van der Waals surface area contributed by atoms with Crippen LogP contribution in [-0.2, 0) is 14.3 Å². The molecule has 0 amide bonds. The fourth-order valence-electron chi connectivity index (χ4n) is 4.57. The summed E-state index contributed by atoms with van der Waals surface area (Å²) < 4.78 is 13.8. The highest BCUT2D eigenvalue weighted by Crippen LogP contribution is 2.47. The van der Waals surface area contributed by atoms with Crippen molar-refractivity contribution in [2.24, 2.45) is 5.92 Å². The summed E-state index contributed by atoms with van der Waals surface area (Å²) >= 11 is 1.60. The van der Waals surface area contributed by atoms with E-state index in [-0.39, 0.29) is 6.04 Å². The van der Waals surface area contributed by atoms with E-state index in [9.17, 15) is 9.90 Å². The van der Waals surface area contributed by atoms with Gasteiger partial charge in [0.25, 0.3) is 0 Å². The summed E-state index contributed by atoms with van der Waals surface area (Å²) in [5, 5.41) is 22.7. The van der Waals surface area contributed by atoms with Gasteiger partial charge in [-0.05, 0) is 46.0 Å². The third-order valence-corrected chi connectivity index (χ3v) is 7.30. The maximum Gasteiger partial charge on any atom is 0.309 e. The van der Waals surface area contributed by atoms with Gasteiger partial charge >= 0.3 is 5.97 Å². The van der Waals surface area contributed by atoms with Crippen molar-refractivity contribution in [2.75, 3.05) is 11.1 Å². The number of carbonyl (C=O) groups is 1. The van der Waals surface area contributed by atoms with E-state index in [1.807, 2.05) is 13.8 Å². The molecule has 0 aromatic carbocycles. The van der Waals surface area contributed by atoms with Gasteiger partial charge in [0.05, 0.1) is 12.0 Å². The first-order valence-corrected chi connectivity index (χ1v) is 12.0. The van der Waals surface area contributed by atoms with E-state index in [2.05, 4.69) is 22.6 Å². The Morgan fingerprint density at radius 3 is 2.74 bits per heavy atom. The second kappa shape index (κ2) is 7.86. The predicted molar refractivity (Wildman–Crippen MR) is 114 cm³/mol. The molecule has 2 N–H and O–H groups in total. The molecule has 0 bridgehead atoms. The Morgan fingerprint density at radius 2 is 2.06 bits per heavy atom. The molecule has 5 rings (SSSR count). The quantitative estimate of drug-likeness (QED) is 0.482. The molecule has 2 saturated carbocycles. The molecule has 31 heavy (non-hydrogen) atoms. The highest BCUT2D eigenvalue weighted by Gasteiger charge is 2.57. The van der Waals surface area contributed by atoms with Crippen LogP contribution in [0.3, 0.4) is 0 Å². The summed E-state index contributed by atoms with van der Waals surface area (Å²) in [6, 6.07) is 0.0697. The Balaban J connectivity index is 1.54. The zero-order chi connectivity index (χ0) is 21.8. The fraction of sp³-hybridized carbons (Fsp3) is 0.750. The van der Waals surface area contributed by atoms with Gasteiger partial charge in [-0.2, -0.15) is 0 Å². The monoisotopic (exact) mass is 448 g/mol. The van der Waals surface area contributed by atoms with Gasteiger partial charge in [0.1, 0.15) is 12.2 Å². The van der Waals surface area contributed by atoms with Crippen LogP contribution in [0.15, 0.2) is 5.16 Å². The second-order valence-corrected chi connectivity index (χ2v) is 10.1. The van der Waals surface area contributed by atoms with Gasteiger partial charge in [-0.1, -0.05) is 23.9 Å². The van der Waals surface area contributed by atoms with E-state index >= 15 is 0 Å². The van der Waals surface area contributed by atoms with Crippen molar-refractivity contribution < 1.29 is 19.4 Å². The molecule has 1 saturated heterocycles. The maximum atomic E-state index is 11.9. The molecule has 2 aromatic heterocycles. The molecule has 3 aliphatic rings. The van der Waals surface area contributed by atoms with E-state index < -0.39 is 29.9 Å². The summed E-state index contributed by atoms with van der Waals surface area (Å²) in [5.41, 5.74) is 1.22. The number of nitrogens with zero attached hydrogens (tertiary/aromatic N) is 5. The number of anilines is 1. The van der Waals surface area contributed by atoms with Crippen molar-refractivity contribution in [2.45, 2.75) is 88.1 Å². The molecule has 11 heteroatoms. The number of ether oxygens (including phenoxy) is 2. The molecule has 0 unspecified atom stereocenters. The molecule has 2 aliphatic carbocycles.